The summed E-state index contributed by atoms with van der Waals surface area (Å²) in [5.41, 5.74) is 2.64. The fourth-order valence-electron chi connectivity index (χ4n) is 2.21. The van der Waals surface area contributed by atoms with Gasteiger partial charge in [-0.3, -0.25) is 4.79 Å². The van der Waals surface area contributed by atoms with E-state index in [1.54, 1.807) is 39.3 Å². The van der Waals surface area contributed by atoms with Gasteiger partial charge >= 0.3 is 0 Å². The van der Waals surface area contributed by atoms with Crippen LogP contribution in [0.4, 0.5) is 5.69 Å². The largest absolute Gasteiger partial charge is 0.497 e. The van der Waals surface area contributed by atoms with Crippen molar-refractivity contribution in [3.8, 4) is 17.2 Å². The van der Waals surface area contributed by atoms with Crippen LogP contribution in [-0.2, 0) is 4.79 Å². The Balaban J connectivity index is 2.10. The van der Waals surface area contributed by atoms with Gasteiger partial charge in [-0.2, -0.15) is 0 Å². The number of ether oxygens (including phenoxy) is 3. The van der Waals surface area contributed by atoms with Crippen LogP contribution in [0.15, 0.2) is 36.4 Å². The third-order valence-electron chi connectivity index (χ3n) is 3.68. The van der Waals surface area contributed by atoms with Crippen LogP contribution >= 0.6 is 0 Å². The average Bonchev–Trinajstić information content (AvgIpc) is 2.58. The number of methoxy groups -OCH3 is 2. The number of rotatable bonds is 6. The molecule has 0 radical (unpaired) electrons. The number of carbonyl (C=O) groups excluding carboxylic acids is 1. The standard InChI is InChI=1S/C19H23NO4/c1-12-6-7-13(2)17(10-12)24-14(3)19(21)20-16-9-8-15(22-4)11-18(16)23-5/h6-11,14H,1-5H3,(H,20,21). The van der Waals surface area contributed by atoms with Gasteiger partial charge in [0.25, 0.3) is 5.91 Å². The van der Waals surface area contributed by atoms with Gasteiger partial charge in [0.2, 0.25) is 0 Å². The fourth-order valence-corrected chi connectivity index (χ4v) is 2.21. The number of anilines is 1. The molecule has 0 aliphatic carbocycles. The second kappa shape index (κ2) is 7.73. The Kier molecular flexibility index (Phi) is 5.68. The first-order valence-corrected chi connectivity index (χ1v) is 7.71. The van der Waals surface area contributed by atoms with E-state index in [4.69, 9.17) is 14.2 Å². The lowest BCUT2D eigenvalue weighted by molar-refractivity contribution is -0.122. The second-order valence-corrected chi connectivity index (χ2v) is 5.58. The molecule has 1 amide bonds. The smallest absolute Gasteiger partial charge is 0.265 e. The van der Waals surface area contributed by atoms with Gasteiger partial charge in [-0.25, -0.2) is 0 Å². The Hall–Kier alpha value is -2.69. The van der Waals surface area contributed by atoms with Gasteiger partial charge in [0.1, 0.15) is 17.2 Å². The van der Waals surface area contributed by atoms with Gasteiger partial charge in [-0.15, -0.1) is 0 Å². The van der Waals surface area contributed by atoms with Gasteiger partial charge in [0, 0.05) is 6.07 Å². The molecule has 5 heteroatoms. The van der Waals surface area contributed by atoms with Gasteiger partial charge in [-0.1, -0.05) is 12.1 Å². The van der Waals surface area contributed by atoms with Crippen molar-refractivity contribution >= 4 is 11.6 Å². The molecular weight excluding hydrogens is 306 g/mol. The minimum atomic E-state index is -0.641. The van der Waals surface area contributed by atoms with Crippen molar-refractivity contribution in [3.63, 3.8) is 0 Å². The summed E-state index contributed by atoms with van der Waals surface area (Å²) < 4.78 is 16.2. The molecule has 0 saturated carbocycles. The molecule has 1 unspecified atom stereocenters. The lowest BCUT2D eigenvalue weighted by Gasteiger charge is -2.18. The molecule has 2 rings (SSSR count). The van der Waals surface area contributed by atoms with Crippen molar-refractivity contribution in [2.24, 2.45) is 0 Å². The minimum absolute atomic E-state index is 0.251. The van der Waals surface area contributed by atoms with Crippen LogP contribution < -0.4 is 19.5 Å². The zero-order valence-corrected chi connectivity index (χ0v) is 14.7. The first kappa shape index (κ1) is 17.7. The van der Waals surface area contributed by atoms with Crippen molar-refractivity contribution in [3.05, 3.63) is 47.5 Å². The molecule has 5 nitrogen and oxygen atoms in total. The van der Waals surface area contributed by atoms with Crippen LogP contribution in [0.2, 0.25) is 0 Å². The lowest BCUT2D eigenvalue weighted by Crippen LogP contribution is -2.30. The average molecular weight is 329 g/mol. The van der Waals surface area contributed by atoms with Crippen LogP contribution in [0, 0.1) is 13.8 Å². The molecule has 0 aliphatic heterocycles. The predicted molar refractivity (Wildman–Crippen MR) is 94.2 cm³/mol. The summed E-state index contributed by atoms with van der Waals surface area (Å²) in [6.07, 6.45) is -0.641. The van der Waals surface area contributed by atoms with Crippen LogP contribution in [0.1, 0.15) is 18.1 Å². The van der Waals surface area contributed by atoms with E-state index in [0.29, 0.717) is 22.9 Å². The molecule has 0 aliphatic rings. The maximum Gasteiger partial charge on any atom is 0.265 e. The minimum Gasteiger partial charge on any atom is -0.497 e. The van der Waals surface area contributed by atoms with E-state index in [1.165, 1.54) is 0 Å². The summed E-state index contributed by atoms with van der Waals surface area (Å²) in [5, 5.41) is 2.82. The lowest BCUT2D eigenvalue weighted by atomic mass is 10.1. The number of benzene rings is 2. The first-order valence-electron chi connectivity index (χ1n) is 7.71. The van der Waals surface area contributed by atoms with Crippen molar-refractivity contribution in [1.29, 1.82) is 0 Å². The van der Waals surface area contributed by atoms with E-state index in [1.807, 2.05) is 32.0 Å². The number of hydrogen-bond acceptors (Lipinski definition) is 4. The third-order valence-corrected chi connectivity index (χ3v) is 3.68. The number of hydrogen-bond donors (Lipinski definition) is 1. The Bertz CT molecular complexity index is 727. The van der Waals surface area contributed by atoms with Gasteiger partial charge < -0.3 is 19.5 Å². The Morgan fingerprint density at radius 1 is 1.00 bits per heavy atom. The van der Waals surface area contributed by atoms with Crippen molar-refractivity contribution < 1.29 is 19.0 Å². The monoisotopic (exact) mass is 329 g/mol. The highest BCUT2D eigenvalue weighted by atomic mass is 16.5. The topological polar surface area (TPSA) is 56.8 Å². The maximum atomic E-state index is 12.4. The quantitative estimate of drug-likeness (QED) is 0.877. The number of amides is 1. The molecular formula is C19H23NO4. The summed E-state index contributed by atoms with van der Waals surface area (Å²) in [7, 11) is 3.12. The summed E-state index contributed by atoms with van der Waals surface area (Å²) >= 11 is 0. The SMILES string of the molecule is COc1ccc(NC(=O)C(C)Oc2cc(C)ccc2C)c(OC)c1. The molecule has 1 atom stereocenters. The number of nitrogens with one attached hydrogen (secondary N) is 1. The van der Waals surface area contributed by atoms with Gasteiger partial charge in [0.05, 0.1) is 19.9 Å². The van der Waals surface area contributed by atoms with Crippen molar-refractivity contribution in [2.45, 2.75) is 26.9 Å². The summed E-state index contributed by atoms with van der Waals surface area (Å²) in [6.45, 7) is 5.65. The van der Waals surface area contributed by atoms with E-state index < -0.39 is 6.10 Å². The van der Waals surface area contributed by atoms with Crippen LogP contribution in [0.3, 0.4) is 0 Å². The maximum absolute atomic E-state index is 12.4. The Morgan fingerprint density at radius 3 is 2.42 bits per heavy atom. The predicted octanol–water partition coefficient (Wildman–Crippen LogP) is 3.73. The van der Waals surface area contributed by atoms with Crippen LogP contribution in [-0.4, -0.2) is 26.2 Å². The first-order chi connectivity index (χ1) is 11.4. The Labute approximate surface area is 142 Å². The molecule has 0 saturated heterocycles. The Morgan fingerprint density at radius 2 is 1.75 bits per heavy atom. The van der Waals surface area contributed by atoms with Gasteiger partial charge in [-0.05, 0) is 50.1 Å². The molecule has 2 aromatic carbocycles. The van der Waals surface area contributed by atoms with E-state index in [2.05, 4.69) is 5.32 Å². The van der Waals surface area contributed by atoms with Gasteiger partial charge in [0.15, 0.2) is 6.10 Å². The van der Waals surface area contributed by atoms with E-state index in [0.717, 1.165) is 11.1 Å². The highest BCUT2D eigenvalue weighted by Crippen LogP contribution is 2.29. The molecule has 0 aromatic heterocycles. The van der Waals surface area contributed by atoms with Crippen molar-refractivity contribution in [1.82, 2.24) is 0 Å². The third kappa shape index (κ3) is 4.19. The number of aryl methyl sites for hydroxylation is 2. The molecule has 24 heavy (non-hydrogen) atoms. The molecule has 2 aromatic rings. The highest BCUT2D eigenvalue weighted by molar-refractivity contribution is 5.95. The molecule has 0 bridgehead atoms. The molecule has 0 fully saturated rings. The summed E-state index contributed by atoms with van der Waals surface area (Å²) in [6, 6.07) is 11.1. The molecule has 1 N–H and O–H groups in total. The zero-order valence-electron chi connectivity index (χ0n) is 14.7. The van der Waals surface area contributed by atoms with E-state index in [9.17, 15) is 4.79 Å². The highest BCUT2D eigenvalue weighted by Gasteiger charge is 2.18. The fraction of sp³-hybridized carbons (Fsp3) is 0.316. The number of carbonyl (C=O) groups is 1. The molecule has 128 valence electrons. The van der Waals surface area contributed by atoms with Crippen LogP contribution in [0.5, 0.6) is 17.2 Å². The van der Waals surface area contributed by atoms with Crippen LogP contribution in [0.25, 0.3) is 0 Å². The molecule has 0 heterocycles. The summed E-state index contributed by atoms with van der Waals surface area (Å²) in [4.78, 5) is 12.4. The normalized spacial score (nSPS) is 11.5. The summed E-state index contributed by atoms with van der Waals surface area (Å²) in [5.74, 6) is 1.64. The molecule has 0 spiro atoms. The van der Waals surface area contributed by atoms with Crippen molar-refractivity contribution in [2.75, 3.05) is 19.5 Å². The zero-order chi connectivity index (χ0) is 17.7. The van der Waals surface area contributed by atoms with E-state index >= 15 is 0 Å². The van der Waals surface area contributed by atoms with E-state index in [-0.39, 0.29) is 5.91 Å². The second-order valence-electron chi connectivity index (χ2n) is 5.58.